The molecule has 1 aliphatic carbocycles. The van der Waals surface area contributed by atoms with Crippen molar-refractivity contribution in [1.82, 2.24) is 16.0 Å². The molecule has 2 aliphatic heterocycles. The van der Waals surface area contributed by atoms with Gasteiger partial charge in [-0.15, -0.1) is 0 Å². The predicted molar refractivity (Wildman–Crippen MR) is 152 cm³/mol. The number of aliphatic hydroxyl groups excluding tert-OH is 6. The second kappa shape index (κ2) is 16.6. The van der Waals surface area contributed by atoms with Gasteiger partial charge >= 0.3 is 0 Å². The second-order valence-electron chi connectivity index (χ2n) is 12.0. The lowest BCUT2D eigenvalue weighted by molar-refractivity contribution is -0.330. The summed E-state index contributed by atoms with van der Waals surface area (Å²) in [6.07, 6.45) is -15.3. The van der Waals surface area contributed by atoms with Gasteiger partial charge in [0, 0.05) is 12.6 Å². The molecule has 18 nitrogen and oxygen atoms in total. The Morgan fingerprint density at radius 3 is 2.32 bits per heavy atom. The average molecular weight is 641 g/mol. The van der Waals surface area contributed by atoms with Gasteiger partial charge < -0.3 is 87.8 Å². The highest BCUT2D eigenvalue weighted by Gasteiger charge is 2.53. The van der Waals surface area contributed by atoms with Crippen LogP contribution in [0, 0.1) is 0 Å². The van der Waals surface area contributed by atoms with Crippen molar-refractivity contribution >= 4 is 5.91 Å². The van der Waals surface area contributed by atoms with E-state index in [1.54, 1.807) is 0 Å². The van der Waals surface area contributed by atoms with E-state index in [2.05, 4.69) is 16.0 Å². The summed E-state index contributed by atoms with van der Waals surface area (Å²) in [5, 5.41) is 83.3. The van der Waals surface area contributed by atoms with E-state index in [1.807, 2.05) is 0 Å². The number of rotatable bonds is 14. The molecule has 3 aliphatic rings. The highest BCUT2D eigenvalue weighted by Crippen LogP contribution is 2.32. The predicted octanol–water partition coefficient (Wildman–Crippen LogP) is -7.15. The van der Waals surface area contributed by atoms with Gasteiger partial charge in [0.2, 0.25) is 5.91 Å². The summed E-state index contributed by atoms with van der Waals surface area (Å²) in [5.74, 6) is -0.790. The smallest absolute Gasteiger partial charge is 0.249 e. The molecule has 16 N–H and O–H groups in total. The van der Waals surface area contributed by atoms with Gasteiger partial charge in [-0.05, 0) is 52.9 Å². The van der Waals surface area contributed by atoms with E-state index in [0.29, 0.717) is 19.5 Å². The zero-order chi connectivity index (χ0) is 32.8. The molecule has 1 saturated carbocycles. The van der Waals surface area contributed by atoms with Crippen molar-refractivity contribution in [2.24, 2.45) is 17.2 Å². The lowest BCUT2D eigenvalue weighted by atomic mass is 9.83. The number of aliphatic hydroxyl groups is 7. The van der Waals surface area contributed by atoms with E-state index in [0.717, 1.165) is 0 Å². The van der Waals surface area contributed by atoms with E-state index in [4.69, 9.17) is 36.1 Å². The molecule has 0 aromatic carbocycles. The lowest BCUT2D eigenvalue weighted by Gasteiger charge is -2.49. The van der Waals surface area contributed by atoms with Crippen molar-refractivity contribution in [3.8, 4) is 0 Å². The maximum Gasteiger partial charge on any atom is 0.249 e. The van der Waals surface area contributed by atoms with Crippen LogP contribution in [0.4, 0.5) is 0 Å². The monoisotopic (exact) mass is 640 g/mol. The average Bonchev–Trinajstić information content (AvgIpc) is 2.97. The Morgan fingerprint density at radius 2 is 1.68 bits per heavy atom. The Morgan fingerprint density at radius 1 is 1.00 bits per heavy atom. The summed E-state index contributed by atoms with van der Waals surface area (Å²) in [4.78, 5) is 12.7. The topological polar surface area (TPSA) is 310 Å². The van der Waals surface area contributed by atoms with Gasteiger partial charge in [0.05, 0.1) is 18.7 Å². The molecule has 0 radical (unpaired) electrons. The summed E-state index contributed by atoms with van der Waals surface area (Å²) in [5.41, 5.74) is 15.9. The van der Waals surface area contributed by atoms with Crippen LogP contribution in [0.15, 0.2) is 0 Å². The fourth-order valence-electron chi connectivity index (χ4n) is 5.85. The SMILES string of the molecule is CN[C@@H]1[C@@H](O)[C@@H](O[C@@H]2[C@@H](O)[C@H](O[C@H]3O[C@H](CNCCCN)[C@@H](O)[C@H](O)[C@H]3O)[C@@H](N)C[C@H]2NC(=O)[C@@H](O)CCN)OC[C@]1(C)O. The van der Waals surface area contributed by atoms with Crippen molar-refractivity contribution in [2.45, 2.75) is 117 Å². The quantitative estimate of drug-likeness (QED) is 0.0784. The summed E-state index contributed by atoms with van der Waals surface area (Å²) in [6, 6.07) is -2.90. The van der Waals surface area contributed by atoms with E-state index >= 15 is 0 Å². The van der Waals surface area contributed by atoms with E-state index in [1.165, 1.54) is 14.0 Å². The normalized spacial score (nSPS) is 43.9. The molecule has 3 fully saturated rings. The van der Waals surface area contributed by atoms with Gasteiger partial charge in [0.1, 0.15) is 60.5 Å². The molecular formula is C26H52N6O12. The molecule has 0 aromatic rings. The standard InChI is InChI=1S/C26H52N6O12/c1-26(40)10-41-24(19(38)22(26)30-2)44-21-12(32-23(39)13(33)4-6-28)8-11(29)20(18(21)37)43-25-17(36)16(35)15(34)14(42-25)9-31-7-3-5-27/h11-22,24-25,30-31,33-38,40H,3-10,27-29H2,1-2H3,(H,32,39)/t11-,12+,13-,14+,15+,16-,17+,18-,19+,20+,21-,22+,24+,25+,26-/m0/s1. The van der Waals surface area contributed by atoms with Crippen molar-refractivity contribution in [1.29, 1.82) is 0 Å². The number of nitrogens with one attached hydrogen (secondary N) is 3. The van der Waals surface area contributed by atoms with Crippen LogP contribution in [-0.4, -0.2) is 173 Å². The number of amides is 1. The van der Waals surface area contributed by atoms with Crippen molar-refractivity contribution in [3.63, 3.8) is 0 Å². The summed E-state index contributed by atoms with van der Waals surface area (Å²) in [7, 11) is 1.53. The van der Waals surface area contributed by atoms with Crippen LogP contribution in [0.3, 0.4) is 0 Å². The molecule has 1 amide bonds. The molecule has 2 heterocycles. The number of ether oxygens (including phenoxy) is 4. The molecule has 0 bridgehead atoms. The summed E-state index contributed by atoms with van der Waals surface area (Å²) < 4.78 is 23.3. The van der Waals surface area contributed by atoms with Crippen molar-refractivity contribution in [2.75, 3.05) is 39.8 Å². The Labute approximate surface area is 256 Å². The number of hydrogen-bond donors (Lipinski definition) is 13. The summed E-state index contributed by atoms with van der Waals surface area (Å²) >= 11 is 0. The van der Waals surface area contributed by atoms with Crippen LogP contribution in [0.25, 0.3) is 0 Å². The van der Waals surface area contributed by atoms with E-state index < -0.39 is 97.1 Å². The number of hydrogen-bond acceptors (Lipinski definition) is 17. The van der Waals surface area contributed by atoms with Crippen molar-refractivity contribution < 1.29 is 59.5 Å². The molecule has 15 atom stereocenters. The first-order valence-electron chi connectivity index (χ1n) is 15.0. The van der Waals surface area contributed by atoms with Crippen LogP contribution < -0.4 is 33.2 Å². The molecule has 0 unspecified atom stereocenters. The fourth-order valence-corrected chi connectivity index (χ4v) is 5.85. The first kappa shape index (κ1) is 37.3. The Balaban J connectivity index is 1.81. The van der Waals surface area contributed by atoms with Gasteiger partial charge in [-0.1, -0.05) is 0 Å². The number of carbonyl (C=O) groups is 1. The van der Waals surface area contributed by atoms with Crippen molar-refractivity contribution in [3.05, 3.63) is 0 Å². The first-order valence-corrected chi connectivity index (χ1v) is 15.0. The summed E-state index contributed by atoms with van der Waals surface area (Å²) in [6.45, 7) is 2.33. The Kier molecular flexibility index (Phi) is 14.1. The largest absolute Gasteiger partial charge is 0.388 e. The molecule has 18 heteroatoms. The third-order valence-corrected chi connectivity index (χ3v) is 8.38. The molecule has 0 spiro atoms. The highest BCUT2D eigenvalue weighted by atomic mass is 16.7. The lowest BCUT2D eigenvalue weighted by Crippen LogP contribution is -2.70. The van der Waals surface area contributed by atoms with E-state index in [-0.39, 0.29) is 32.5 Å². The zero-order valence-electron chi connectivity index (χ0n) is 25.1. The minimum atomic E-state index is -1.71. The molecule has 258 valence electrons. The number of nitrogens with two attached hydrogens (primary N) is 3. The Bertz CT molecular complexity index is 894. The third-order valence-electron chi connectivity index (χ3n) is 8.38. The van der Waals surface area contributed by atoms with Gasteiger partial charge in [-0.2, -0.15) is 0 Å². The number of likely N-dealkylation sites (N-methyl/N-ethyl adjacent to an activating group) is 1. The third kappa shape index (κ3) is 8.79. The van der Waals surface area contributed by atoms with Crippen LogP contribution in [0.2, 0.25) is 0 Å². The second-order valence-corrected chi connectivity index (χ2v) is 12.0. The number of carbonyl (C=O) groups excluding carboxylic acids is 1. The zero-order valence-corrected chi connectivity index (χ0v) is 25.1. The van der Waals surface area contributed by atoms with Gasteiger partial charge in [0.25, 0.3) is 0 Å². The van der Waals surface area contributed by atoms with Gasteiger partial charge in [-0.25, -0.2) is 0 Å². The maximum atomic E-state index is 12.7. The van der Waals surface area contributed by atoms with Crippen LogP contribution in [-0.2, 0) is 23.7 Å². The van der Waals surface area contributed by atoms with Gasteiger partial charge in [0.15, 0.2) is 12.6 Å². The Hall–Kier alpha value is -1.17. The minimum absolute atomic E-state index is 0.0267. The fraction of sp³-hybridized carbons (Fsp3) is 0.962. The highest BCUT2D eigenvalue weighted by molar-refractivity contribution is 5.80. The van der Waals surface area contributed by atoms with Crippen LogP contribution in [0.5, 0.6) is 0 Å². The van der Waals surface area contributed by atoms with Crippen LogP contribution in [0.1, 0.15) is 26.2 Å². The molecule has 44 heavy (non-hydrogen) atoms. The molecule has 2 saturated heterocycles. The molecule has 3 rings (SSSR count). The minimum Gasteiger partial charge on any atom is -0.388 e. The molecular weight excluding hydrogens is 588 g/mol. The van der Waals surface area contributed by atoms with Crippen LogP contribution >= 0.6 is 0 Å². The first-order chi connectivity index (χ1) is 20.8. The van der Waals surface area contributed by atoms with Gasteiger partial charge in [-0.3, -0.25) is 4.79 Å². The maximum absolute atomic E-state index is 12.7. The molecule has 0 aromatic heterocycles. The van der Waals surface area contributed by atoms with E-state index in [9.17, 15) is 40.5 Å².